The Balaban J connectivity index is 1.84. The van der Waals surface area contributed by atoms with E-state index in [9.17, 15) is 4.79 Å². The van der Waals surface area contributed by atoms with E-state index in [1.54, 1.807) is 16.8 Å². The van der Waals surface area contributed by atoms with E-state index in [-0.39, 0.29) is 12.2 Å². The number of carboxylic acid groups (broad SMARTS) is 1. The Kier molecular flexibility index (Phi) is 3.04. The van der Waals surface area contributed by atoms with Gasteiger partial charge in [0.1, 0.15) is 12.2 Å². The molecule has 2 aromatic heterocycles. The van der Waals surface area contributed by atoms with Gasteiger partial charge in [0, 0.05) is 11.8 Å². The molecule has 0 saturated carbocycles. The number of hydrogen-bond donors (Lipinski definition) is 1. The van der Waals surface area contributed by atoms with Crippen LogP contribution in [0, 0.1) is 0 Å². The summed E-state index contributed by atoms with van der Waals surface area (Å²) in [5, 5.41) is 12.9. The zero-order valence-corrected chi connectivity index (χ0v) is 10.4. The molecular weight excluding hydrogens is 258 g/mol. The molecular formula is C14H11N3O3. The van der Waals surface area contributed by atoms with Gasteiger partial charge in [0.25, 0.3) is 0 Å². The van der Waals surface area contributed by atoms with Gasteiger partial charge in [0.2, 0.25) is 11.7 Å². The zero-order valence-electron chi connectivity index (χ0n) is 10.4. The summed E-state index contributed by atoms with van der Waals surface area (Å²) in [6, 6.07) is 12.6. The van der Waals surface area contributed by atoms with Crippen molar-refractivity contribution < 1.29 is 14.4 Å². The smallest absolute Gasteiger partial charge is 0.352 e. The monoisotopic (exact) mass is 269 g/mol. The summed E-state index contributed by atoms with van der Waals surface area (Å²) in [5.41, 5.74) is 1.04. The minimum absolute atomic E-state index is 0.185. The van der Waals surface area contributed by atoms with E-state index in [2.05, 4.69) is 10.1 Å². The molecule has 0 aliphatic carbocycles. The SMILES string of the molecule is O=C(O)c1cccn1Cc1nc(-c2ccccc2)no1. The molecule has 0 aliphatic rings. The summed E-state index contributed by atoms with van der Waals surface area (Å²) in [5.74, 6) is -0.134. The molecule has 0 fully saturated rings. The first-order valence-corrected chi connectivity index (χ1v) is 6.00. The predicted octanol–water partition coefficient (Wildman–Crippen LogP) is 2.28. The van der Waals surface area contributed by atoms with Gasteiger partial charge in [0.05, 0.1) is 0 Å². The second-order valence-electron chi connectivity index (χ2n) is 4.20. The first kappa shape index (κ1) is 12.2. The van der Waals surface area contributed by atoms with E-state index in [0.29, 0.717) is 11.7 Å². The van der Waals surface area contributed by atoms with Gasteiger partial charge in [-0.2, -0.15) is 4.98 Å². The maximum atomic E-state index is 11.0. The zero-order chi connectivity index (χ0) is 13.9. The van der Waals surface area contributed by atoms with E-state index in [1.807, 2.05) is 30.3 Å². The molecule has 1 N–H and O–H groups in total. The molecule has 0 saturated heterocycles. The van der Waals surface area contributed by atoms with Crippen LogP contribution in [0.1, 0.15) is 16.4 Å². The van der Waals surface area contributed by atoms with Crippen LogP contribution in [0.2, 0.25) is 0 Å². The van der Waals surface area contributed by atoms with Crippen LogP contribution in [0.3, 0.4) is 0 Å². The maximum absolute atomic E-state index is 11.0. The average molecular weight is 269 g/mol. The van der Waals surface area contributed by atoms with Crippen LogP contribution < -0.4 is 0 Å². The number of carboxylic acids is 1. The summed E-state index contributed by atoms with van der Waals surface area (Å²) in [7, 11) is 0. The van der Waals surface area contributed by atoms with E-state index in [4.69, 9.17) is 9.63 Å². The van der Waals surface area contributed by atoms with Crippen molar-refractivity contribution in [1.82, 2.24) is 14.7 Å². The minimum atomic E-state index is -0.988. The average Bonchev–Trinajstić information content (AvgIpc) is 3.09. The minimum Gasteiger partial charge on any atom is -0.477 e. The molecule has 0 bridgehead atoms. The maximum Gasteiger partial charge on any atom is 0.352 e. The first-order chi connectivity index (χ1) is 9.74. The van der Waals surface area contributed by atoms with Crippen LogP contribution >= 0.6 is 0 Å². The van der Waals surface area contributed by atoms with Crippen LogP contribution in [0.15, 0.2) is 53.2 Å². The number of nitrogens with zero attached hydrogens (tertiary/aromatic N) is 3. The first-order valence-electron chi connectivity index (χ1n) is 6.00. The fourth-order valence-corrected chi connectivity index (χ4v) is 1.92. The van der Waals surface area contributed by atoms with Crippen molar-refractivity contribution >= 4 is 5.97 Å². The molecule has 0 radical (unpaired) electrons. The molecule has 1 aromatic carbocycles. The quantitative estimate of drug-likeness (QED) is 0.785. The second-order valence-corrected chi connectivity index (χ2v) is 4.20. The summed E-state index contributed by atoms with van der Waals surface area (Å²) in [4.78, 5) is 15.3. The van der Waals surface area contributed by atoms with Crippen molar-refractivity contribution in [2.45, 2.75) is 6.54 Å². The molecule has 0 atom stereocenters. The molecule has 0 unspecified atom stereocenters. The number of hydrogen-bond acceptors (Lipinski definition) is 4. The second kappa shape index (κ2) is 5.00. The van der Waals surface area contributed by atoms with Gasteiger partial charge in [-0.3, -0.25) is 0 Å². The van der Waals surface area contributed by atoms with Gasteiger partial charge in [-0.25, -0.2) is 4.79 Å². The Morgan fingerprint density at radius 1 is 1.20 bits per heavy atom. The number of benzene rings is 1. The highest BCUT2D eigenvalue weighted by Gasteiger charge is 2.13. The molecule has 6 nitrogen and oxygen atoms in total. The molecule has 3 aromatic rings. The van der Waals surface area contributed by atoms with E-state index >= 15 is 0 Å². The van der Waals surface area contributed by atoms with Crippen LogP contribution in [0.4, 0.5) is 0 Å². The van der Waals surface area contributed by atoms with Crippen molar-refractivity contribution in [3.05, 3.63) is 60.2 Å². The van der Waals surface area contributed by atoms with Gasteiger partial charge in [-0.05, 0) is 12.1 Å². The molecule has 2 heterocycles. The van der Waals surface area contributed by atoms with Crippen molar-refractivity contribution in [3.8, 4) is 11.4 Å². The fraction of sp³-hybridized carbons (Fsp3) is 0.0714. The number of rotatable bonds is 4. The molecule has 0 amide bonds. The Morgan fingerprint density at radius 2 is 2.00 bits per heavy atom. The highest BCUT2D eigenvalue weighted by atomic mass is 16.5. The van der Waals surface area contributed by atoms with E-state index in [1.165, 1.54) is 6.07 Å². The lowest BCUT2D eigenvalue weighted by molar-refractivity contribution is 0.0685. The Labute approximate surface area is 114 Å². The largest absolute Gasteiger partial charge is 0.477 e. The van der Waals surface area contributed by atoms with Crippen LogP contribution in [-0.4, -0.2) is 25.8 Å². The highest BCUT2D eigenvalue weighted by Crippen LogP contribution is 2.15. The molecule has 6 heteroatoms. The molecule has 100 valence electrons. The Hall–Kier alpha value is -2.89. The summed E-state index contributed by atoms with van der Waals surface area (Å²) in [6.07, 6.45) is 1.66. The Morgan fingerprint density at radius 3 is 2.75 bits per heavy atom. The fourth-order valence-electron chi connectivity index (χ4n) is 1.92. The van der Waals surface area contributed by atoms with Gasteiger partial charge in [-0.15, -0.1) is 0 Å². The number of aromatic nitrogens is 3. The van der Waals surface area contributed by atoms with Crippen LogP contribution in [0.25, 0.3) is 11.4 Å². The summed E-state index contributed by atoms with van der Waals surface area (Å²) < 4.78 is 6.70. The predicted molar refractivity (Wildman–Crippen MR) is 70.2 cm³/mol. The van der Waals surface area contributed by atoms with E-state index in [0.717, 1.165) is 5.56 Å². The van der Waals surface area contributed by atoms with Crippen LogP contribution in [-0.2, 0) is 6.54 Å². The third-order valence-corrected chi connectivity index (χ3v) is 2.85. The van der Waals surface area contributed by atoms with Crippen LogP contribution in [0.5, 0.6) is 0 Å². The normalized spacial score (nSPS) is 10.6. The van der Waals surface area contributed by atoms with E-state index < -0.39 is 5.97 Å². The molecule has 3 rings (SSSR count). The molecule has 0 aliphatic heterocycles. The number of carbonyl (C=O) groups is 1. The van der Waals surface area contributed by atoms with Crippen molar-refractivity contribution in [2.24, 2.45) is 0 Å². The van der Waals surface area contributed by atoms with Gasteiger partial charge in [0.15, 0.2) is 0 Å². The lowest BCUT2D eigenvalue weighted by atomic mass is 10.2. The van der Waals surface area contributed by atoms with Gasteiger partial charge < -0.3 is 14.2 Å². The highest BCUT2D eigenvalue weighted by molar-refractivity contribution is 5.85. The van der Waals surface area contributed by atoms with Gasteiger partial charge in [-0.1, -0.05) is 35.5 Å². The number of aromatic carboxylic acids is 1. The van der Waals surface area contributed by atoms with Gasteiger partial charge >= 0.3 is 5.97 Å². The third-order valence-electron chi connectivity index (χ3n) is 2.85. The molecule has 0 spiro atoms. The standard InChI is InChI=1S/C14H11N3O3/c18-14(19)11-7-4-8-17(11)9-12-15-13(16-20-12)10-5-2-1-3-6-10/h1-8H,9H2,(H,18,19). The van der Waals surface area contributed by atoms with Crippen molar-refractivity contribution in [1.29, 1.82) is 0 Å². The topological polar surface area (TPSA) is 81.1 Å². The summed E-state index contributed by atoms with van der Waals surface area (Å²) >= 11 is 0. The van der Waals surface area contributed by atoms with Crippen molar-refractivity contribution in [2.75, 3.05) is 0 Å². The lowest BCUT2D eigenvalue weighted by Crippen LogP contribution is -2.08. The molecule has 20 heavy (non-hydrogen) atoms. The lowest BCUT2D eigenvalue weighted by Gasteiger charge is -2.01. The third kappa shape index (κ3) is 2.31. The van der Waals surface area contributed by atoms with Crippen molar-refractivity contribution in [3.63, 3.8) is 0 Å². The summed E-state index contributed by atoms with van der Waals surface area (Å²) in [6.45, 7) is 0.231. The Bertz CT molecular complexity index is 731.